The first-order valence-corrected chi connectivity index (χ1v) is 6.37. The SMILES string of the molecule is CCCCC#C/C(=C\I)CCCC. The van der Waals surface area contributed by atoms with Crippen molar-refractivity contribution in [3.8, 4) is 11.8 Å². The Morgan fingerprint density at radius 1 is 1.23 bits per heavy atom. The molecule has 0 atom stereocenters. The zero-order valence-electron chi connectivity index (χ0n) is 8.70. The Kier molecular flexibility index (Phi) is 10.1. The van der Waals surface area contributed by atoms with Crippen LogP contribution < -0.4 is 0 Å². The van der Waals surface area contributed by atoms with Gasteiger partial charge in [-0.1, -0.05) is 61.1 Å². The molecule has 0 saturated heterocycles. The van der Waals surface area contributed by atoms with Crippen molar-refractivity contribution in [1.29, 1.82) is 0 Å². The van der Waals surface area contributed by atoms with Crippen molar-refractivity contribution in [3.05, 3.63) is 9.66 Å². The van der Waals surface area contributed by atoms with E-state index >= 15 is 0 Å². The second-order valence-electron chi connectivity index (χ2n) is 3.14. The molecule has 0 rings (SSSR count). The maximum atomic E-state index is 3.24. The molecule has 0 aromatic carbocycles. The molecule has 0 unspecified atom stereocenters. The zero-order chi connectivity index (χ0) is 9.94. The quantitative estimate of drug-likeness (QED) is 0.391. The number of rotatable bonds is 5. The van der Waals surface area contributed by atoms with Crippen LogP contribution in [0.4, 0.5) is 0 Å². The maximum Gasteiger partial charge on any atom is 0.00922 e. The summed E-state index contributed by atoms with van der Waals surface area (Å²) in [5.74, 6) is 6.47. The highest BCUT2D eigenvalue weighted by molar-refractivity contribution is 14.1. The molecule has 0 aromatic rings. The molecule has 0 fully saturated rings. The van der Waals surface area contributed by atoms with Crippen LogP contribution in [0.5, 0.6) is 0 Å². The van der Waals surface area contributed by atoms with Gasteiger partial charge in [0.1, 0.15) is 0 Å². The van der Waals surface area contributed by atoms with Gasteiger partial charge in [0.2, 0.25) is 0 Å². The standard InChI is InChI=1S/C12H19I/c1-3-5-7-8-10-12(11-13)9-6-4-2/h11H,3-7,9H2,1-2H3/b12-11-. The lowest BCUT2D eigenvalue weighted by molar-refractivity contribution is 0.801. The first kappa shape index (κ1) is 13.0. The number of unbranched alkanes of at least 4 members (excludes halogenated alkanes) is 3. The van der Waals surface area contributed by atoms with Gasteiger partial charge in [-0.05, 0) is 23.3 Å². The number of hydrogen-bond acceptors (Lipinski definition) is 0. The average molecular weight is 290 g/mol. The van der Waals surface area contributed by atoms with Crippen molar-refractivity contribution >= 4 is 22.6 Å². The molecule has 0 aliphatic carbocycles. The van der Waals surface area contributed by atoms with Gasteiger partial charge in [0.05, 0.1) is 0 Å². The van der Waals surface area contributed by atoms with Gasteiger partial charge in [-0.3, -0.25) is 0 Å². The fourth-order valence-corrected chi connectivity index (χ4v) is 1.42. The van der Waals surface area contributed by atoms with Crippen LogP contribution in [0.1, 0.15) is 52.4 Å². The van der Waals surface area contributed by atoms with Gasteiger partial charge in [-0.15, -0.1) is 0 Å². The Hall–Kier alpha value is 0.0300. The highest BCUT2D eigenvalue weighted by atomic mass is 127. The normalized spacial score (nSPS) is 10.8. The minimum absolute atomic E-state index is 1.05. The van der Waals surface area contributed by atoms with Crippen LogP contribution in [-0.2, 0) is 0 Å². The average Bonchev–Trinajstić information content (AvgIpc) is 2.17. The molecule has 0 spiro atoms. The highest BCUT2D eigenvalue weighted by Crippen LogP contribution is 2.08. The molecule has 0 saturated carbocycles. The summed E-state index contributed by atoms with van der Waals surface area (Å²) in [5, 5.41) is 0. The Morgan fingerprint density at radius 2 is 1.92 bits per heavy atom. The van der Waals surface area contributed by atoms with Crippen molar-refractivity contribution in [2.75, 3.05) is 0 Å². The van der Waals surface area contributed by atoms with E-state index in [1.807, 2.05) is 0 Å². The molecule has 13 heavy (non-hydrogen) atoms. The summed E-state index contributed by atoms with van der Waals surface area (Å²) < 4.78 is 2.12. The van der Waals surface area contributed by atoms with Gasteiger partial charge in [0.15, 0.2) is 0 Å². The van der Waals surface area contributed by atoms with E-state index in [1.54, 1.807) is 0 Å². The summed E-state index contributed by atoms with van der Waals surface area (Å²) in [6.07, 6.45) is 7.19. The van der Waals surface area contributed by atoms with Crippen molar-refractivity contribution in [3.63, 3.8) is 0 Å². The van der Waals surface area contributed by atoms with Gasteiger partial charge in [-0.2, -0.15) is 0 Å². The van der Waals surface area contributed by atoms with E-state index in [9.17, 15) is 0 Å². The van der Waals surface area contributed by atoms with Crippen molar-refractivity contribution in [1.82, 2.24) is 0 Å². The highest BCUT2D eigenvalue weighted by Gasteiger charge is 1.89. The van der Waals surface area contributed by atoms with Gasteiger partial charge in [0, 0.05) is 12.0 Å². The third-order valence-electron chi connectivity index (χ3n) is 1.84. The molecule has 0 radical (unpaired) electrons. The van der Waals surface area contributed by atoms with Crippen LogP contribution >= 0.6 is 22.6 Å². The van der Waals surface area contributed by atoms with Crippen LogP contribution in [0, 0.1) is 11.8 Å². The molecule has 0 aromatic heterocycles. The first-order chi connectivity index (χ1) is 6.35. The fourth-order valence-electron chi connectivity index (χ4n) is 0.953. The van der Waals surface area contributed by atoms with Crippen LogP contribution in [0.25, 0.3) is 0 Å². The smallest absolute Gasteiger partial charge is 0.00922 e. The molecule has 0 heterocycles. The predicted octanol–water partition coefficient (Wildman–Crippen LogP) is 4.69. The molecule has 0 aliphatic heterocycles. The lowest BCUT2D eigenvalue weighted by Crippen LogP contribution is -1.78. The van der Waals surface area contributed by atoms with Crippen molar-refractivity contribution in [2.24, 2.45) is 0 Å². The van der Waals surface area contributed by atoms with Gasteiger partial charge in [-0.25, -0.2) is 0 Å². The molecule has 0 aliphatic rings. The lowest BCUT2D eigenvalue weighted by Gasteiger charge is -1.94. The van der Waals surface area contributed by atoms with Gasteiger partial charge >= 0.3 is 0 Å². The van der Waals surface area contributed by atoms with Crippen molar-refractivity contribution in [2.45, 2.75) is 52.4 Å². The number of halogens is 1. The fraction of sp³-hybridized carbons (Fsp3) is 0.667. The monoisotopic (exact) mass is 290 g/mol. The Labute approximate surface area is 96.3 Å². The first-order valence-electron chi connectivity index (χ1n) is 5.13. The van der Waals surface area contributed by atoms with Crippen LogP contribution in [0.2, 0.25) is 0 Å². The summed E-state index contributed by atoms with van der Waals surface area (Å²) in [4.78, 5) is 0. The summed E-state index contributed by atoms with van der Waals surface area (Å²) in [5.41, 5.74) is 1.30. The number of hydrogen-bond donors (Lipinski definition) is 0. The molecule has 0 nitrogen and oxygen atoms in total. The van der Waals surface area contributed by atoms with Crippen LogP contribution in [-0.4, -0.2) is 0 Å². The van der Waals surface area contributed by atoms with E-state index in [0.29, 0.717) is 0 Å². The van der Waals surface area contributed by atoms with E-state index < -0.39 is 0 Å². The van der Waals surface area contributed by atoms with E-state index in [-0.39, 0.29) is 0 Å². The third kappa shape index (κ3) is 8.36. The van der Waals surface area contributed by atoms with Crippen LogP contribution in [0.3, 0.4) is 0 Å². The van der Waals surface area contributed by atoms with Gasteiger partial charge < -0.3 is 0 Å². The van der Waals surface area contributed by atoms with Crippen molar-refractivity contribution < 1.29 is 0 Å². The Balaban J connectivity index is 3.74. The minimum Gasteiger partial charge on any atom is -0.0982 e. The zero-order valence-corrected chi connectivity index (χ0v) is 10.9. The van der Waals surface area contributed by atoms with Crippen LogP contribution in [0.15, 0.2) is 9.66 Å². The molecular formula is C12H19I. The Bertz CT molecular complexity index is 193. The molecule has 74 valence electrons. The lowest BCUT2D eigenvalue weighted by atomic mass is 10.1. The Morgan fingerprint density at radius 3 is 2.46 bits per heavy atom. The molecule has 0 N–H and O–H groups in total. The predicted molar refractivity (Wildman–Crippen MR) is 68.9 cm³/mol. The second kappa shape index (κ2) is 10.1. The van der Waals surface area contributed by atoms with E-state index in [4.69, 9.17) is 0 Å². The van der Waals surface area contributed by atoms with E-state index in [2.05, 4.69) is 52.4 Å². The minimum atomic E-state index is 1.05. The molecule has 0 amide bonds. The summed E-state index contributed by atoms with van der Waals surface area (Å²) in [7, 11) is 0. The summed E-state index contributed by atoms with van der Waals surface area (Å²) in [6, 6.07) is 0. The van der Waals surface area contributed by atoms with E-state index in [1.165, 1.54) is 31.3 Å². The molecule has 1 heteroatoms. The summed E-state index contributed by atoms with van der Waals surface area (Å²) in [6.45, 7) is 4.42. The molecular weight excluding hydrogens is 271 g/mol. The number of allylic oxidation sites excluding steroid dienone is 1. The third-order valence-corrected chi connectivity index (χ3v) is 2.59. The summed E-state index contributed by atoms with van der Waals surface area (Å²) >= 11 is 2.29. The second-order valence-corrected chi connectivity index (χ2v) is 3.77. The topological polar surface area (TPSA) is 0 Å². The maximum absolute atomic E-state index is 3.24. The van der Waals surface area contributed by atoms with E-state index in [0.717, 1.165) is 12.8 Å². The largest absolute Gasteiger partial charge is 0.0982 e. The molecule has 0 bridgehead atoms. The van der Waals surface area contributed by atoms with Gasteiger partial charge in [0.25, 0.3) is 0 Å².